The van der Waals surface area contributed by atoms with Crippen LogP contribution in [0.4, 0.5) is 13.2 Å². The number of carbonyl (C=O) groups is 1. The molecule has 0 radical (unpaired) electrons. The molecule has 1 fully saturated rings. The van der Waals surface area contributed by atoms with Crippen molar-refractivity contribution >= 4 is 5.97 Å². The molecule has 0 unspecified atom stereocenters. The minimum atomic E-state index is -4.95. The van der Waals surface area contributed by atoms with Crippen molar-refractivity contribution < 1.29 is 27.9 Å². The van der Waals surface area contributed by atoms with E-state index in [-0.39, 0.29) is 25.6 Å². The van der Waals surface area contributed by atoms with Gasteiger partial charge in [0.1, 0.15) is 0 Å². The molecule has 0 aliphatic carbocycles. The molecule has 1 aliphatic rings. The Balaban J connectivity index is 2.25. The second kappa shape index (κ2) is 3.51. The number of alkyl halides is 3. The van der Waals surface area contributed by atoms with Crippen LogP contribution in [-0.2, 0) is 9.63 Å². The topological polar surface area (TPSA) is 49.8 Å². The molecule has 1 aliphatic heterocycles. The highest BCUT2D eigenvalue weighted by molar-refractivity contribution is 5.75. The van der Waals surface area contributed by atoms with E-state index >= 15 is 0 Å². The van der Waals surface area contributed by atoms with Gasteiger partial charge in [0.05, 0.1) is 0 Å². The fourth-order valence-electron chi connectivity index (χ4n) is 0.882. The number of rotatable bonds is 2. The van der Waals surface area contributed by atoms with Gasteiger partial charge in [-0.05, 0) is 0 Å². The number of hydrogen-bond acceptors (Lipinski definition) is 4. The second-order valence-corrected chi connectivity index (χ2v) is 2.77. The molecule has 0 aromatic heterocycles. The second-order valence-electron chi connectivity index (χ2n) is 2.77. The Kier molecular flexibility index (Phi) is 2.77. The van der Waals surface area contributed by atoms with E-state index in [4.69, 9.17) is 5.11 Å². The summed E-state index contributed by atoms with van der Waals surface area (Å²) in [4.78, 5) is 14.2. The lowest BCUT2D eigenvalue weighted by Gasteiger charge is -2.35. The first kappa shape index (κ1) is 10.3. The van der Waals surface area contributed by atoms with Crippen molar-refractivity contribution in [1.29, 1.82) is 0 Å². The van der Waals surface area contributed by atoms with Crippen LogP contribution in [0.2, 0.25) is 0 Å². The molecule has 0 saturated carbocycles. The SMILES string of the molecule is O=C(ON1CC(CO)C1)C(F)(F)F. The zero-order valence-electron chi connectivity index (χ0n) is 6.54. The molecule has 1 heterocycles. The number of nitrogens with zero attached hydrogens (tertiary/aromatic N) is 1. The highest BCUT2D eigenvalue weighted by atomic mass is 19.4. The van der Waals surface area contributed by atoms with Gasteiger partial charge in [-0.25, -0.2) is 4.79 Å². The van der Waals surface area contributed by atoms with E-state index in [2.05, 4.69) is 4.84 Å². The van der Waals surface area contributed by atoms with Crippen LogP contribution in [0.5, 0.6) is 0 Å². The summed E-state index contributed by atoms with van der Waals surface area (Å²) in [5, 5.41) is 9.38. The van der Waals surface area contributed by atoms with Crippen LogP contribution < -0.4 is 0 Å². The average molecular weight is 199 g/mol. The maximum Gasteiger partial charge on any atom is 0.492 e. The lowest BCUT2D eigenvalue weighted by Crippen LogP contribution is -2.50. The van der Waals surface area contributed by atoms with Crippen LogP contribution >= 0.6 is 0 Å². The van der Waals surface area contributed by atoms with Crippen molar-refractivity contribution in [3.8, 4) is 0 Å². The Hall–Kier alpha value is -0.820. The van der Waals surface area contributed by atoms with E-state index in [0.717, 1.165) is 5.06 Å². The molecule has 0 amide bonds. The predicted octanol–water partition coefficient (Wildman–Crippen LogP) is -0.0690. The number of hydroxylamine groups is 2. The van der Waals surface area contributed by atoms with E-state index in [1.54, 1.807) is 0 Å². The Morgan fingerprint density at radius 2 is 2.08 bits per heavy atom. The molecule has 0 bridgehead atoms. The molecule has 1 saturated heterocycles. The van der Waals surface area contributed by atoms with Crippen molar-refractivity contribution in [1.82, 2.24) is 5.06 Å². The normalized spacial score (nSPS) is 19.7. The molecule has 0 atom stereocenters. The predicted molar refractivity (Wildman–Crippen MR) is 34.3 cm³/mol. The van der Waals surface area contributed by atoms with E-state index < -0.39 is 12.1 Å². The summed E-state index contributed by atoms with van der Waals surface area (Å²) in [7, 11) is 0. The van der Waals surface area contributed by atoms with Crippen molar-refractivity contribution in [2.75, 3.05) is 19.7 Å². The summed E-state index contributed by atoms with van der Waals surface area (Å²) in [5.74, 6) is -2.31. The van der Waals surface area contributed by atoms with Gasteiger partial charge >= 0.3 is 12.1 Å². The molecular formula is C6H8F3NO3. The fraction of sp³-hybridized carbons (Fsp3) is 0.833. The third-order valence-electron chi connectivity index (χ3n) is 1.63. The van der Waals surface area contributed by atoms with E-state index in [0.29, 0.717) is 0 Å². The number of aliphatic hydroxyl groups excluding tert-OH is 1. The molecular weight excluding hydrogens is 191 g/mol. The first-order chi connectivity index (χ1) is 5.93. The fourth-order valence-corrected chi connectivity index (χ4v) is 0.882. The maximum absolute atomic E-state index is 11.6. The smallest absolute Gasteiger partial charge is 0.396 e. The zero-order valence-corrected chi connectivity index (χ0v) is 6.54. The Morgan fingerprint density at radius 3 is 2.46 bits per heavy atom. The summed E-state index contributed by atoms with van der Waals surface area (Å²) in [6.07, 6.45) is -4.95. The molecule has 13 heavy (non-hydrogen) atoms. The number of halogens is 3. The summed E-state index contributed by atoms with van der Waals surface area (Å²) in [6.45, 7) is 0.191. The molecule has 7 heteroatoms. The van der Waals surface area contributed by atoms with Crippen LogP contribution in [0.1, 0.15) is 0 Å². The van der Waals surface area contributed by atoms with Crippen molar-refractivity contribution in [3.05, 3.63) is 0 Å². The summed E-state index contributed by atoms with van der Waals surface area (Å²) >= 11 is 0. The lowest BCUT2D eigenvalue weighted by molar-refractivity contribution is -0.260. The number of aliphatic hydroxyl groups is 1. The van der Waals surface area contributed by atoms with E-state index in [1.165, 1.54) is 0 Å². The van der Waals surface area contributed by atoms with Gasteiger partial charge in [-0.2, -0.15) is 13.2 Å². The van der Waals surface area contributed by atoms with Gasteiger partial charge in [-0.1, -0.05) is 0 Å². The summed E-state index contributed by atoms with van der Waals surface area (Å²) < 4.78 is 34.8. The first-order valence-corrected chi connectivity index (χ1v) is 3.58. The van der Waals surface area contributed by atoms with Crippen LogP contribution in [0.15, 0.2) is 0 Å². The van der Waals surface area contributed by atoms with Gasteiger partial charge < -0.3 is 9.94 Å². The summed E-state index contributed by atoms with van der Waals surface area (Å²) in [6, 6.07) is 0. The van der Waals surface area contributed by atoms with Crippen molar-refractivity contribution in [2.24, 2.45) is 5.92 Å². The Labute approximate surface area is 71.8 Å². The average Bonchev–Trinajstić information content (AvgIpc) is 1.93. The minimum absolute atomic E-state index is 0.0963. The minimum Gasteiger partial charge on any atom is -0.396 e. The Bertz CT molecular complexity index is 200. The van der Waals surface area contributed by atoms with Gasteiger partial charge in [0, 0.05) is 25.6 Å². The van der Waals surface area contributed by atoms with E-state index in [1.807, 2.05) is 0 Å². The monoisotopic (exact) mass is 199 g/mol. The van der Waals surface area contributed by atoms with Crippen molar-refractivity contribution in [2.45, 2.75) is 6.18 Å². The number of hydrogen-bond donors (Lipinski definition) is 1. The molecule has 0 spiro atoms. The zero-order chi connectivity index (χ0) is 10.1. The molecule has 76 valence electrons. The Morgan fingerprint density at radius 1 is 1.54 bits per heavy atom. The van der Waals surface area contributed by atoms with E-state index in [9.17, 15) is 18.0 Å². The molecule has 1 rings (SSSR count). The molecule has 0 aromatic rings. The van der Waals surface area contributed by atoms with Gasteiger partial charge in [-0.15, -0.1) is 5.06 Å². The largest absolute Gasteiger partial charge is 0.492 e. The van der Waals surface area contributed by atoms with Crippen molar-refractivity contribution in [3.63, 3.8) is 0 Å². The highest BCUT2D eigenvalue weighted by Gasteiger charge is 2.44. The van der Waals surface area contributed by atoms with Crippen LogP contribution in [0, 0.1) is 5.92 Å². The van der Waals surface area contributed by atoms with Gasteiger partial charge in [0.25, 0.3) is 0 Å². The standard InChI is InChI=1S/C6H8F3NO3/c7-6(8,9)5(12)13-10-1-4(2-10)3-11/h4,11H,1-3H2. The molecule has 4 nitrogen and oxygen atoms in total. The maximum atomic E-state index is 11.6. The van der Waals surface area contributed by atoms with Crippen LogP contribution in [0.3, 0.4) is 0 Å². The van der Waals surface area contributed by atoms with Crippen LogP contribution in [0.25, 0.3) is 0 Å². The third kappa shape index (κ3) is 2.56. The van der Waals surface area contributed by atoms with Gasteiger partial charge in [-0.3, -0.25) is 0 Å². The number of carbonyl (C=O) groups excluding carboxylic acids is 1. The quantitative estimate of drug-likeness (QED) is 0.676. The third-order valence-corrected chi connectivity index (χ3v) is 1.63. The molecule has 1 N–H and O–H groups in total. The highest BCUT2D eigenvalue weighted by Crippen LogP contribution is 2.21. The van der Waals surface area contributed by atoms with Crippen LogP contribution in [-0.4, -0.2) is 42.0 Å². The van der Waals surface area contributed by atoms with Gasteiger partial charge in [0.2, 0.25) is 0 Å². The molecule has 0 aromatic carbocycles. The lowest BCUT2D eigenvalue weighted by atomic mass is 10.1. The summed E-state index contributed by atoms with van der Waals surface area (Å²) in [5.41, 5.74) is 0. The first-order valence-electron chi connectivity index (χ1n) is 3.58. The van der Waals surface area contributed by atoms with Gasteiger partial charge in [0.15, 0.2) is 0 Å².